The van der Waals surface area contributed by atoms with Crippen LogP contribution in [0.25, 0.3) is 0 Å². The molecule has 0 aliphatic heterocycles. The molecule has 9 heavy (non-hydrogen) atoms. The van der Waals surface area contributed by atoms with Crippen molar-refractivity contribution in [3.05, 3.63) is 0 Å². The van der Waals surface area contributed by atoms with Crippen molar-refractivity contribution in [2.75, 3.05) is 0 Å². The van der Waals surface area contributed by atoms with E-state index in [0.29, 0.717) is 0 Å². The molecule has 0 unspecified atom stereocenters. The fourth-order valence-electron chi connectivity index (χ4n) is 0.0962. The third kappa shape index (κ3) is 4.05. The molecular formula is C2H4N2O4Pd. The van der Waals surface area contributed by atoms with Crippen molar-refractivity contribution in [3.8, 4) is 0 Å². The molecule has 4 N–H and O–H groups in total. The molecule has 0 aromatic carbocycles. The molecule has 0 bridgehead atoms. The van der Waals surface area contributed by atoms with E-state index in [2.05, 4.69) is 21.5 Å². The minimum atomic E-state index is -1.33. The van der Waals surface area contributed by atoms with Gasteiger partial charge in [-0.15, -0.1) is 0 Å². The number of nitrogens with two attached hydrogens (primary N) is 2. The molecule has 0 spiro atoms. The van der Waals surface area contributed by atoms with E-state index in [0.717, 1.165) is 0 Å². The van der Waals surface area contributed by atoms with Crippen molar-refractivity contribution < 1.29 is 39.7 Å². The van der Waals surface area contributed by atoms with Gasteiger partial charge in [0.25, 0.3) is 0 Å². The average molecular weight is 226 g/mol. The van der Waals surface area contributed by atoms with E-state index in [9.17, 15) is 9.59 Å². The molecule has 0 heterocycles. The molecule has 6 nitrogen and oxygen atoms in total. The van der Waals surface area contributed by atoms with Crippen LogP contribution < -0.4 is 11.8 Å². The van der Waals surface area contributed by atoms with E-state index in [-0.39, 0.29) is 20.4 Å². The summed E-state index contributed by atoms with van der Waals surface area (Å²) >= 11 is 0. The molecule has 0 rings (SSSR count). The molecule has 0 aliphatic rings. The van der Waals surface area contributed by atoms with Gasteiger partial charge in [0.1, 0.15) is 0 Å². The van der Waals surface area contributed by atoms with Gasteiger partial charge in [-0.3, -0.25) is 0 Å². The van der Waals surface area contributed by atoms with Crippen LogP contribution in [-0.4, -0.2) is 11.9 Å². The number of hydrogen-bond acceptors (Lipinski definition) is 6. The van der Waals surface area contributed by atoms with Crippen molar-refractivity contribution >= 4 is 11.9 Å². The second-order valence-corrected chi connectivity index (χ2v) is 0.811. The van der Waals surface area contributed by atoms with Crippen LogP contribution >= 0.6 is 0 Å². The smallest absolute Gasteiger partial charge is 0.365 e. The maximum absolute atomic E-state index is 9.84. The van der Waals surface area contributed by atoms with E-state index in [4.69, 9.17) is 0 Å². The van der Waals surface area contributed by atoms with Gasteiger partial charge in [-0.1, -0.05) is 0 Å². The molecular weight excluding hydrogens is 222 g/mol. The summed E-state index contributed by atoms with van der Waals surface area (Å²) < 4.78 is 0. The summed E-state index contributed by atoms with van der Waals surface area (Å²) in [7, 11) is 0. The van der Waals surface area contributed by atoms with E-state index >= 15 is 0 Å². The van der Waals surface area contributed by atoms with Gasteiger partial charge in [0.15, 0.2) is 0 Å². The van der Waals surface area contributed by atoms with Crippen LogP contribution in [0.2, 0.25) is 0 Å². The van der Waals surface area contributed by atoms with Crippen molar-refractivity contribution in [2.24, 2.45) is 11.8 Å². The minimum absolute atomic E-state index is 0. The second kappa shape index (κ2) is 5.66. The summed E-state index contributed by atoms with van der Waals surface area (Å²) in [4.78, 5) is 26.5. The molecule has 0 fully saturated rings. The Morgan fingerprint density at radius 1 is 1.00 bits per heavy atom. The van der Waals surface area contributed by atoms with Crippen LogP contribution in [0.1, 0.15) is 0 Å². The van der Waals surface area contributed by atoms with Gasteiger partial charge in [0.2, 0.25) is 0 Å². The molecule has 0 aliphatic carbocycles. The fraction of sp³-hybridized carbons (Fsp3) is 0. The fourth-order valence-corrected chi connectivity index (χ4v) is 0.0962. The summed E-state index contributed by atoms with van der Waals surface area (Å²) in [5.74, 6) is 5.83. The van der Waals surface area contributed by atoms with Gasteiger partial charge in [0, 0.05) is 20.4 Å². The van der Waals surface area contributed by atoms with Gasteiger partial charge >= 0.3 is 11.9 Å². The Morgan fingerprint density at radius 3 is 1.33 bits per heavy atom. The third-order valence-corrected chi connectivity index (χ3v) is 0.381. The maximum atomic E-state index is 9.84. The normalized spacial score (nSPS) is 6.89. The van der Waals surface area contributed by atoms with E-state index in [1.54, 1.807) is 0 Å². The monoisotopic (exact) mass is 226 g/mol. The second-order valence-electron chi connectivity index (χ2n) is 0.811. The van der Waals surface area contributed by atoms with Crippen LogP contribution in [0.3, 0.4) is 0 Å². The van der Waals surface area contributed by atoms with Crippen molar-refractivity contribution in [2.45, 2.75) is 0 Å². The quantitative estimate of drug-likeness (QED) is 0.276. The number of carbonyl (C=O) groups is 2. The van der Waals surface area contributed by atoms with E-state index in [1.165, 1.54) is 0 Å². The van der Waals surface area contributed by atoms with Gasteiger partial charge in [0.05, 0.1) is 0 Å². The Bertz CT molecular complexity index is 101. The average Bonchev–Trinajstić information content (AvgIpc) is 1.84. The Kier molecular flexibility index (Phi) is 7.12. The summed E-state index contributed by atoms with van der Waals surface area (Å²) in [5.41, 5.74) is 0. The molecule has 0 atom stereocenters. The van der Waals surface area contributed by atoms with Crippen LogP contribution in [0, 0.1) is 0 Å². The minimum Gasteiger partial charge on any atom is -0.365 e. The van der Waals surface area contributed by atoms with Crippen molar-refractivity contribution in [1.82, 2.24) is 0 Å². The zero-order valence-corrected chi connectivity index (χ0v) is 5.66. The zero-order chi connectivity index (χ0) is 6.57. The van der Waals surface area contributed by atoms with E-state index < -0.39 is 11.9 Å². The zero-order valence-electron chi connectivity index (χ0n) is 4.10. The number of rotatable bonds is 0. The first-order valence-electron chi connectivity index (χ1n) is 1.54. The van der Waals surface area contributed by atoms with E-state index in [1.807, 2.05) is 0 Å². The Labute approximate surface area is 64.0 Å². The molecule has 0 saturated carbocycles. The molecule has 56 valence electrons. The topological polar surface area (TPSA) is 105 Å². The van der Waals surface area contributed by atoms with Gasteiger partial charge in [-0.25, -0.2) is 9.59 Å². The summed E-state index contributed by atoms with van der Waals surface area (Å²) in [6.07, 6.45) is 0. The molecule has 0 amide bonds. The van der Waals surface area contributed by atoms with Gasteiger partial charge in [-0.2, -0.15) is 11.8 Å². The predicted octanol–water partition coefficient (Wildman–Crippen LogP) is -2.18. The summed E-state index contributed by atoms with van der Waals surface area (Å²) in [6, 6.07) is 0. The molecule has 0 saturated heterocycles. The SMILES string of the molecule is NOC(=O)C(=O)ON.[Pd]. The first-order chi connectivity index (χ1) is 3.72. The Hall–Kier alpha value is -0.478. The van der Waals surface area contributed by atoms with Crippen molar-refractivity contribution in [1.29, 1.82) is 0 Å². The molecule has 0 radical (unpaired) electrons. The Balaban J connectivity index is 0. The van der Waals surface area contributed by atoms with Crippen LogP contribution in [0.4, 0.5) is 0 Å². The largest absolute Gasteiger partial charge is 0.437 e. The summed E-state index contributed by atoms with van der Waals surface area (Å²) in [6.45, 7) is 0. The van der Waals surface area contributed by atoms with Gasteiger partial charge < -0.3 is 9.68 Å². The Morgan fingerprint density at radius 2 is 1.22 bits per heavy atom. The third-order valence-electron chi connectivity index (χ3n) is 0.381. The first-order valence-corrected chi connectivity index (χ1v) is 1.54. The van der Waals surface area contributed by atoms with Crippen LogP contribution in [0.15, 0.2) is 0 Å². The molecule has 0 aromatic heterocycles. The maximum Gasteiger partial charge on any atom is 0.437 e. The first kappa shape index (κ1) is 11.3. The van der Waals surface area contributed by atoms with Crippen molar-refractivity contribution in [3.63, 3.8) is 0 Å². The predicted molar refractivity (Wildman–Crippen MR) is 20.6 cm³/mol. The van der Waals surface area contributed by atoms with Gasteiger partial charge in [-0.05, 0) is 0 Å². The molecule has 7 heteroatoms. The summed E-state index contributed by atoms with van der Waals surface area (Å²) in [5, 5.41) is 0. The standard InChI is InChI=1S/C2H4N2O4.Pd/c3-7-1(5)2(6)8-4;/h3-4H2;. The van der Waals surface area contributed by atoms with Crippen LogP contribution in [0.5, 0.6) is 0 Å². The number of hydrogen-bond donors (Lipinski definition) is 2. The molecule has 0 aromatic rings. The van der Waals surface area contributed by atoms with Crippen LogP contribution in [-0.2, 0) is 39.7 Å². The number of carbonyl (C=O) groups excluding carboxylic acids is 2.